The van der Waals surface area contributed by atoms with E-state index in [0.29, 0.717) is 6.29 Å². The number of nitrogens with zero attached hydrogens (tertiary/aromatic N) is 5. The van der Waals surface area contributed by atoms with Crippen LogP contribution in [0.25, 0.3) is 0 Å². The largest absolute Gasteiger partial charge is 0.369 e. The number of aromatic nitrogens is 2. The van der Waals surface area contributed by atoms with E-state index in [2.05, 4.69) is 20.0 Å². The van der Waals surface area contributed by atoms with Crippen LogP contribution in [-0.2, 0) is 0 Å². The Morgan fingerprint density at radius 1 is 1.11 bits per heavy atom. The molecule has 0 aliphatic carbocycles. The van der Waals surface area contributed by atoms with Crippen LogP contribution < -0.4 is 5.56 Å². The summed E-state index contributed by atoms with van der Waals surface area (Å²) in [5.41, 5.74) is -0.691. The number of carbonyl (C=O) groups is 1. The number of aldehydes is 1. The minimum Gasteiger partial charge on any atom is -0.369 e. The third-order valence-corrected chi connectivity index (χ3v) is 1.86. The number of aliphatic imine (C=N–C) groups is 2. The highest BCUT2D eigenvalue weighted by molar-refractivity contribution is 5.82. The molecule has 0 saturated heterocycles. The molecule has 1 aromatic rings. The normalized spacial score (nSPS) is 11.2. The number of carbonyl (C=O) groups excluding carboxylic acids is 1. The first-order valence-corrected chi connectivity index (χ1v) is 5.44. The molecule has 0 radical (unpaired) electrons. The number of nitrogens with one attached hydrogen (secondary N) is 1. The summed E-state index contributed by atoms with van der Waals surface area (Å²) in [5.74, 6) is 0.133. The van der Waals surface area contributed by atoms with Crippen molar-refractivity contribution in [3.8, 4) is 0 Å². The van der Waals surface area contributed by atoms with E-state index in [1.165, 1.54) is 12.7 Å². The number of H-pyrrole nitrogens is 1. The Morgan fingerprint density at radius 3 is 2.21 bits per heavy atom. The molecular weight excluding hydrogens is 248 g/mol. The Labute approximate surface area is 110 Å². The topological polar surface area (TPSA) is 94.0 Å². The van der Waals surface area contributed by atoms with E-state index < -0.39 is 5.56 Å². The fourth-order valence-corrected chi connectivity index (χ4v) is 1.07. The fraction of sp³-hybridized carbons (Fsp3) is 0.364. The Bertz CT molecular complexity index is 559. The van der Waals surface area contributed by atoms with Crippen LogP contribution in [0, 0.1) is 0 Å². The fourth-order valence-electron chi connectivity index (χ4n) is 1.07. The SMILES string of the molecule is CN(C)/C=N/c1nc(/N=C/N(C)C)c(C=O)c(=O)[nH]1. The summed E-state index contributed by atoms with van der Waals surface area (Å²) >= 11 is 0. The van der Waals surface area contributed by atoms with Gasteiger partial charge in [-0.1, -0.05) is 0 Å². The van der Waals surface area contributed by atoms with Crippen LogP contribution >= 0.6 is 0 Å². The lowest BCUT2D eigenvalue weighted by Gasteiger charge is -2.04. The lowest BCUT2D eigenvalue weighted by atomic mass is 10.3. The number of aromatic amines is 1. The first kappa shape index (κ1) is 14.6. The summed E-state index contributed by atoms with van der Waals surface area (Å²) in [6, 6.07) is 0. The Balaban J connectivity index is 3.26. The number of hydrogen-bond acceptors (Lipinski definition) is 5. The molecule has 102 valence electrons. The first-order valence-electron chi connectivity index (χ1n) is 5.44. The smallest absolute Gasteiger partial charge is 0.265 e. The Hall–Kier alpha value is -2.51. The van der Waals surface area contributed by atoms with Gasteiger partial charge in [-0.3, -0.25) is 14.6 Å². The van der Waals surface area contributed by atoms with Crippen LogP contribution in [0.4, 0.5) is 11.8 Å². The van der Waals surface area contributed by atoms with Gasteiger partial charge in [-0.15, -0.1) is 0 Å². The summed E-state index contributed by atoms with van der Waals surface area (Å²) in [6.45, 7) is 0. The molecule has 19 heavy (non-hydrogen) atoms. The molecule has 8 heteroatoms. The summed E-state index contributed by atoms with van der Waals surface area (Å²) < 4.78 is 0. The minimum absolute atomic E-state index is 0.0401. The van der Waals surface area contributed by atoms with E-state index in [9.17, 15) is 9.59 Å². The van der Waals surface area contributed by atoms with Gasteiger partial charge >= 0.3 is 0 Å². The van der Waals surface area contributed by atoms with Gasteiger partial charge in [-0.05, 0) is 0 Å². The van der Waals surface area contributed by atoms with Crippen molar-refractivity contribution in [1.82, 2.24) is 19.8 Å². The summed E-state index contributed by atoms with van der Waals surface area (Å²) in [7, 11) is 7.10. The van der Waals surface area contributed by atoms with Crippen molar-refractivity contribution in [3.63, 3.8) is 0 Å². The van der Waals surface area contributed by atoms with Gasteiger partial charge in [0.15, 0.2) is 12.1 Å². The van der Waals surface area contributed by atoms with E-state index in [1.54, 1.807) is 38.0 Å². The maximum absolute atomic E-state index is 11.7. The van der Waals surface area contributed by atoms with Crippen LogP contribution in [0.1, 0.15) is 10.4 Å². The van der Waals surface area contributed by atoms with Crippen LogP contribution in [0.3, 0.4) is 0 Å². The molecule has 1 heterocycles. The van der Waals surface area contributed by atoms with Gasteiger partial charge in [-0.25, -0.2) is 9.98 Å². The van der Waals surface area contributed by atoms with Crippen LogP contribution in [0.5, 0.6) is 0 Å². The van der Waals surface area contributed by atoms with E-state index in [0.717, 1.165) is 0 Å². The van der Waals surface area contributed by atoms with Gasteiger partial charge in [-0.2, -0.15) is 4.98 Å². The van der Waals surface area contributed by atoms with Crippen molar-refractivity contribution in [3.05, 3.63) is 15.9 Å². The minimum atomic E-state index is -0.568. The molecular formula is C11H16N6O2. The molecule has 0 saturated carbocycles. The second-order valence-corrected chi connectivity index (χ2v) is 4.16. The molecule has 0 unspecified atom stereocenters. The molecule has 0 amide bonds. The second kappa shape index (κ2) is 6.43. The quantitative estimate of drug-likeness (QED) is 0.460. The van der Waals surface area contributed by atoms with E-state index in [1.807, 2.05) is 0 Å². The zero-order valence-corrected chi connectivity index (χ0v) is 11.3. The predicted octanol–water partition coefficient (Wildman–Crippen LogP) is 0.0252. The molecule has 1 rings (SSSR count). The molecule has 0 aromatic carbocycles. The van der Waals surface area contributed by atoms with Crippen molar-refractivity contribution >= 4 is 30.7 Å². The maximum atomic E-state index is 11.7. The third-order valence-electron chi connectivity index (χ3n) is 1.86. The molecule has 8 nitrogen and oxygen atoms in total. The third kappa shape index (κ3) is 4.34. The van der Waals surface area contributed by atoms with Crippen LogP contribution in [0.15, 0.2) is 14.8 Å². The average molecular weight is 264 g/mol. The lowest BCUT2D eigenvalue weighted by Crippen LogP contribution is -2.15. The average Bonchev–Trinajstić information content (AvgIpc) is 2.33. The Kier molecular flexibility index (Phi) is 4.92. The summed E-state index contributed by atoms with van der Waals surface area (Å²) in [5, 5.41) is 0. The van der Waals surface area contributed by atoms with Gasteiger partial charge in [0.2, 0.25) is 5.95 Å². The van der Waals surface area contributed by atoms with E-state index >= 15 is 0 Å². The highest BCUT2D eigenvalue weighted by Gasteiger charge is 2.09. The predicted molar refractivity (Wildman–Crippen MR) is 73.9 cm³/mol. The number of rotatable bonds is 5. The van der Waals surface area contributed by atoms with Crippen LogP contribution in [0.2, 0.25) is 0 Å². The van der Waals surface area contributed by atoms with E-state index in [-0.39, 0.29) is 17.3 Å². The van der Waals surface area contributed by atoms with Crippen molar-refractivity contribution in [2.45, 2.75) is 0 Å². The van der Waals surface area contributed by atoms with Crippen molar-refractivity contribution < 1.29 is 4.79 Å². The monoisotopic (exact) mass is 264 g/mol. The second-order valence-electron chi connectivity index (χ2n) is 4.16. The van der Waals surface area contributed by atoms with Crippen LogP contribution in [-0.4, -0.2) is 66.9 Å². The Morgan fingerprint density at radius 2 is 1.68 bits per heavy atom. The number of hydrogen-bond donors (Lipinski definition) is 1. The van der Waals surface area contributed by atoms with Gasteiger partial charge < -0.3 is 9.80 Å². The molecule has 0 aliphatic heterocycles. The molecule has 0 bridgehead atoms. The van der Waals surface area contributed by atoms with Crippen molar-refractivity contribution in [1.29, 1.82) is 0 Å². The lowest BCUT2D eigenvalue weighted by molar-refractivity contribution is 0.112. The molecule has 1 aromatic heterocycles. The zero-order chi connectivity index (χ0) is 14.4. The van der Waals surface area contributed by atoms with Gasteiger partial charge in [0, 0.05) is 28.2 Å². The summed E-state index contributed by atoms with van der Waals surface area (Å²) in [4.78, 5) is 40.3. The molecule has 1 N–H and O–H groups in total. The standard InChI is InChI=1S/C11H16N6O2/c1-16(2)6-12-9-8(5-18)10(19)15-11(14-9)13-7-17(3)4/h5-7H,1-4H3,(H,14,15,19)/b12-6+,13-7+. The molecule has 0 fully saturated rings. The van der Waals surface area contributed by atoms with E-state index in [4.69, 9.17) is 0 Å². The first-order chi connectivity index (χ1) is 8.93. The molecule has 0 spiro atoms. The van der Waals surface area contributed by atoms with Gasteiger partial charge in [0.1, 0.15) is 5.56 Å². The highest BCUT2D eigenvalue weighted by Crippen LogP contribution is 2.13. The zero-order valence-electron chi connectivity index (χ0n) is 11.3. The van der Waals surface area contributed by atoms with Crippen molar-refractivity contribution in [2.24, 2.45) is 9.98 Å². The van der Waals surface area contributed by atoms with Gasteiger partial charge in [0.05, 0.1) is 12.7 Å². The van der Waals surface area contributed by atoms with Crippen molar-refractivity contribution in [2.75, 3.05) is 28.2 Å². The maximum Gasteiger partial charge on any atom is 0.265 e. The van der Waals surface area contributed by atoms with Gasteiger partial charge in [0.25, 0.3) is 5.56 Å². The highest BCUT2D eigenvalue weighted by atomic mass is 16.1. The molecule has 0 atom stereocenters. The summed E-state index contributed by atoms with van der Waals surface area (Å²) in [6.07, 6.45) is 3.36. The molecule has 0 aliphatic rings.